The van der Waals surface area contributed by atoms with E-state index in [2.05, 4.69) is 18.8 Å². The normalized spacial score (nSPS) is 26.6. The molecule has 2 heterocycles. The van der Waals surface area contributed by atoms with E-state index in [1.54, 1.807) is 12.1 Å². The molecule has 5 nitrogen and oxygen atoms in total. The van der Waals surface area contributed by atoms with E-state index in [-0.39, 0.29) is 24.4 Å². The van der Waals surface area contributed by atoms with Crippen molar-refractivity contribution in [2.45, 2.75) is 65.0 Å². The van der Waals surface area contributed by atoms with Crippen molar-refractivity contribution in [3.63, 3.8) is 0 Å². The molecule has 1 aromatic rings. The summed E-state index contributed by atoms with van der Waals surface area (Å²) < 4.78 is 17.2. The van der Waals surface area contributed by atoms with E-state index in [0.717, 1.165) is 12.8 Å². The first-order valence-electron chi connectivity index (χ1n) is 7.19. The van der Waals surface area contributed by atoms with Crippen LogP contribution < -0.4 is 15.2 Å². The van der Waals surface area contributed by atoms with E-state index in [1.807, 2.05) is 13.8 Å². The van der Waals surface area contributed by atoms with E-state index in [1.165, 1.54) is 0 Å². The zero-order valence-corrected chi connectivity index (χ0v) is 12.6. The third-order valence-electron chi connectivity index (χ3n) is 3.15. The van der Waals surface area contributed by atoms with Crippen LogP contribution in [0.15, 0.2) is 12.1 Å². The standard InChI is InChI=1S/C15H24N2O3/c1-9(2)18-15-13(16)5-6-14(17-15)20-12-7-10(3)19-11(4)8-12/h5-6,9-12H,7-8,16H2,1-4H3. The molecule has 1 aliphatic rings. The molecule has 20 heavy (non-hydrogen) atoms. The Bertz CT molecular complexity index is 441. The fourth-order valence-corrected chi connectivity index (χ4v) is 2.43. The number of hydrogen-bond acceptors (Lipinski definition) is 5. The summed E-state index contributed by atoms with van der Waals surface area (Å²) in [5, 5.41) is 0. The van der Waals surface area contributed by atoms with Gasteiger partial charge in [-0.15, -0.1) is 0 Å². The molecule has 112 valence electrons. The van der Waals surface area contributed by atoms with Crippen molar-refractivity contribution in [3.05, 3.63) is 12.1 Å². The number of nitrogens with zero attached hydrogens (tertiary/aromatic N) is 1. The highest BCUT2D eigenvalue weighted by atomic mass is 16.5. The minimum atomic E-state index is 0.0307. The first-order valence-corrected chi connectivity index (χ1v) is 7.19. The number of aromatic nitrogens is 1. The highest BCUT2D eigenvalue weighted by Crippen LogP contribution is 2.27. The third kappa shape index (κ3) is 4.00. The molecule has 1 fully saturated rings. The van der Waals surface area contributed by atoms with E-state index in [9.17, 15) is 0 Å². The quantitative estimate of drug-likeness (QED) is 0.918. The van der Waals surface area contributed by atoms with Gasteiger partial charge >= 0.3 is 0 Å². The van der Waals surface area contributed by atoms with Crippen LogP contribution >= 0.6 is 0 Å². The fraction of sp³-hybridized carbons (Fsp3) is 0.667. The van der Waals surface area contributed by atoms with Crippen LogP contribution in [0, 0.1) is 0 Å². The van der Waals surface area contributed by atoms with Gasteiger partial charge in [-0.2, -0.15) is 4.98 Å². The van der Waals surface area contributed by atoms with Gasteiger partial charge < -0.3 is 19.9 Å². The second-order valence-corrected chi connectivity index (χ2v) is 5.68. The second kappa shape index (κ2) is 6.31. The van der Waals surface area contributed by atoms with Crippen LogP contribution in [0.5, 0.6) is 11.8 Å². The van der Waals surface area contributed by atoms with Crippen molar-refractivity contribution < 1.29 is 14.2 Å². The molecule has 0 aromatic carbocycles. The summed E-state index contributed by atoms with van der Waals surface area (Å²) in [6.07, 6.45) is 2.32. The maximum Gasteiger partial charge on any atom is 0.240 e. The van der Waals surface area contributed by atoms with Crippen LogP contribution in [0.4, 0.5) is 5.69 Å². The average molecular weight is 280 g/mol. The van der Waals surface area contributed by atoms with Gasteiger partial charge in [0.25, 0.3) is 0 Å². The van der Waals surface area contributed by atoms with Gasteiger partial charge in [-0.1, -0.05) is 0 Å². The number of nitrogens with two attached hydrogens (primary N) is 1. The molecule has 0 radical (unpaired) electrons. The van der Waals surface area contributed by atoms with Crippen LogP contribution in [0.25, 0.3) is 0 Å². The van der Waals surface area contributed by atoms with Gasteiger partial charge in [0.1, 0.15) is 6.10 Å². The molecule has 1 saturated heterocycles. The fourth-order valence-electron chi connectivity index (χ4n) is 2.43. The summed E-state index contributed by atoms with van der Waals surface area (Å²) in [5.74, 6) is 0.992. The maximum atomic E-state index is 5.95. The van der Waals surface area contributed by atoms with Crippen LogP contribution in [0.1, 0.15) is 40.5 Å². The number of anilines is 1. The number of nitrogen functional groups attached to an aromatic ring is 1. The Balaban J connectivity index is 2.05. The average Bonchev–Trinajstić information content (AvgIpc) is 2.31. The number of hydrogen-bond donors (Lipinski definition) is 1. The topological polar surface area (TPSA) is 66.6 Å². The highest BCUT2D eigenvalue weighted by molar-refractivity contribution is 5.49. The van der Waals surface area contributed by atoms with Gasteiger partial charge in [0.05, 0.1) is 24.0 Å². The molecule has 2 rings (SSSR count). The minimum Gasteiger partial charge on any atom is -0.474 e. The predicted molar refractivity (Wildman–Crippen MR) is 78.1 cm³/mol. The molecule has 1 aromatic heterocycles. The van der Waals surface area contributed by atoms with Crippen molar-refractivity contribution in [1.29, 1.82) is 0 Å². The third-order valence-corrected chi connectivity index (χ3v) is 3.15. The Morgan fingerprint density at radius 3 is 2.50 bits per heavy atom. The van der Waals surface area contributed by atoms with Crippen LogP contribution in [0.2, 0.25) is 0 Å². The lowest BCUT2D eigenvalue weighted by Gasteiger charge is -2.32. The number of ether oxygens (including phenoxy) is 3. The summed E-state index contributed by atoms with van der Waals surface area (Å²) in [6, 6.07) is 3.56. The molecule has 2 N–H and O–H groups in total. The van der Waals surface area contributed by atoms with Gasteiger partial charge in [0, 0.05) is 18.9 Å². The lowest BCUT2D eigenvalue weighted by molar-refractivity contribution is -0.0730. The Labute approximate surface area is 120 Å². The van der Waals surface area contributed by atoms with Gasteiger partial charge in [-0.25, -0.2) is 0 Å². The summed E-state index contributed by atoms with van der Waals surface area (Å²) >= 11 is 0. The molecule has 1 aliphatic heterocycles. The number of pyridine rings is 1. The smallest absolute Gasteiger partial charge is 0.240 e. The zero-order valence-electron chi connectivity index (χ0n) is 12.6. The van der Waals surface area contributed by atoms with Crippen molar-refractivity contribution in [2.24, 2.45) is 0 Å². The summed E-state index contributed by atoms with van der Waals surface area (Å²) in [4.78, 5) is 4.35. The van der Waals surface area contributed by atoms with Crippen molar-refractivity contribution in [3.8, 4) is 11.8 Å². The monoisotopic (exact) mass is 280 g/mol. The highest BCUT2D eigenvalue weighted by Gasteiger charge is 2.26. The van der Waals surface area contributed by atoms with Crippen molar-refractivity contribution >= 4 is 5.69 Å². The minimum absolute atomic E-state index is 0.0307. The molecule has 0 amide bonds. The van der Waals surface area contributed by atoms with Crippen LogP contribution in [-0.4, -0.2) is 29.4 Å². The lowest BCUT2D eigenvalue weighted by atomic mass is 10.0. The van der Waals surface area contributed by atoms with E-state index >= 15 is 0 Å². The van der Waals surface area contributed by atoms with Gasteiger partial charge in [0.15, 0.2) is 0 Å². The summed E-state index contributed by atoms with van der Waals surface area (Å²) in [7, 11) is 0. The van der Waals surface area contributed by atoms with Gasteiger partial charge in [-0.3, -0.25) is 0 Å². The molecular weight excluding hydrogens is 256 g/mol. The SMILES string of the molecule is CC(C)Oc1nc(OC2CC(C)OC(C)C2)ccc1N. The molecule has 0 bridgehead atoms. The molecule has 2 atom stereocenters. The lowest BCUT2D eigenvalue weighted by Crippen LogP contribution is -2.35. The Morgan fingerprint density at radius 1 is 1.25 bits per heavy atom. The largest absolute Gasteiger partial charge is 0.474 e. The van der Waals surface area contributed by atoms with E-state index in [4.69, 9.17) is 19.9 Å². The molecule has 2 unspecified atom stereocenters. The van der Waals surface area contributed by atoms with Crippen molar-refractivity contribution in [1.82, 2.24) is 4.98 Å². The van der Waals surface area contributed by atoms with Crippen LogP contribution in [0.3, 0.4) is 0 Å². The second-order valence-electron chi connectivity index (χ2n) is 5.68. The summed E-state index contributed by atoms with van der Waals surface area (Å²) in [6.45, 7) is 8.01. The Kier molecular flexibility index (Phi) is 4.70. The number of rotatable bonds is 4. The van der Waals surface area contributed by atoms with Crippen LogP contribution in [-0.2, 0) is 4.74 Å². The van der Waals surface area contributed by atoms with Crippen molar-refractivity contribution in [2.75, 3.05) is 5.73 Å². The zero-order chi connectivity index (χ0) is 14.7. The Morgan fingerprint density at radius 2 is 1.90 bits per heavy atom. The van der Waals surface area contributed by atoms with Gasteiger partial charge in [-0.05, 0) is 33.8 Å². The van der Waals surface area contributed by atoms with E-state index in [0.29, 0.717) is 17.4 Å². The molecule has 0 aliphatic carbocycles. The van der Waals surface area contributed by atoms with Gasteiger partial charge in [0.2, 0.25) is 11.8 Å². The Hall–Kier alpha value is -1.49. The first kappa shape index (κ1) is 14.9. The predicted octanol–water partition coefficient (Wildman–Crippen LogP) is 2.79. The molecule has 0 saturated carbocycles. The maximum absolute atomic E-state index is 5.95. The van der Waals surface area contributed by atoms with E-state index < -0.39 is 0 Å². The molecule has 5 heteroatoms. The molecular formula is C15H24N2O3. The molecule has 0 spiro atoms. The summed E-state index contributed by atoms with van der Waals surface area (Å²) in [5.41, 5.74) is 6.38. The first-order chi connectivity index (χ1) is 9.44.